The molecule has 0 N–H and O–H groups in total. The van der Waals surface area contributed by atoms with Crippen molar-refractivity contribution in [2.45, 2.75) is 26.7 Å². The predicted molar refractivity (Wildman–Crippen MR) is 75.1 cm³/mol. The maximum atomic E-state index is 12.5. The van der Waals surface area contributed by atoms with Crippen LogP contribution in [0.2, 0.25) is 0 Å². The Labute approximate surface area is 108 Å². The summed E-state index contributed by atoms with van der Waals surface area (Å²) < 4.78 is 0. The van der Waals surface area contributed by atoms with Crippen molar-refractivity contribution in [3.05, 3.63) is 70.8 Å². The van der Waals surface area contributed by atoms with Gasteiger partial charge in [-0.3, -0.25) is 4.79 Å². The molecule has 0 heterocycles. The molecule has 0 spiro atoms. The predicted octanol–water partition coefficient (Wildman–Crippen LogP) is 4.29. The number of aryl methyl sites for hydroxylation is 2. The highest BCUT2D eigenvalue weighted by Gasteiger charge is 2.18. The lowest BCUT2D eigenvalue weighted by atomic mass is 9.90. The smallest absolute Gasteiger partial charge is 0.170 e. The quantitative estimate of drug-likeness (QED) is 0.729. The van der Waals surface area contributed by atoms with Crippen molar-refractivity contribution in [1.82, 2.24) is 0 Å². The fraction of sp³-hybridized carbons (Fsp3) is 0.235. The zero-order chi connectivity index (χ0) is 13.1. The summed E-state index contributed by atoms with van der Waals surface area (Å²) in [5, 5.41) is 0. The second kappa shape index (κ2) is 5.18. The molecule has 92 valence electrons. The molecule has 1 nitrogen and oxygen atoms in total. The maximum absolute atomic E-state index is 12.5. The first-order valence-corrected chi connectivity index (χ1v) is 6.26. The van der Waals surface area contributed by atoms with Crippen molar-refractivity contribution in [3.63, 3.8) is 0 Å². The number of carbonyl (C=O) groups excluding carboxylic acids is 1. The van der Waals surface area contributed by atoms with Gasteiger partial charge in [0.15, 0.2) is 5.78 Å². The van der Waals surface area contributed by atoms with Crippen LogP contribution in [0.15, 0.2) is 48.5 Å². The Hall–Kier alpha value is -1.89. The average molecular weight is 238 g/mol. The second-order valence-corrected chi connectivity index (χ2v) is 4.81. The van der Waals surface area contributed by atoms with E-state index < -0.39 is 0 Å². The maximum Gasteiger partial charge on any atom is 0.170 e. The fourth-order valence-electron chi connectivity index (χ4n) is 2.09. The summed E-state index contributed by atoms with van der Waals surface area (Å²) >= 11 is 0. The molecule has 0 bridgehead atoms. The van der Waals surface area contributed by atoms with Crippen LogP contribution in [-0.2, 0) is 0 Å². The second-order valence-electron chi connectivity index (χ2n) is 4.81. The highest BCUT2D eigenvalue weighted by atomic mass is 16.1. The molecule has 0 fully saturated rings. The van der Waals surface area contributed by atoms with E-state index in [0.717, 1.165) is 16.7 Å². The van der Waals surface area contributed by atoms with Crippen molar-refractivity contribution in [2.75, 3.05) is 0 Å². The van der Waals surface area contributed by atoms with Gasteiger partial charge < -0.3 is 0 Å². The van der Waals surface area contributed by atoms with Crippen molar-refractivity contribution in [2.24, 2.45) is 0 Å². The molecule has 1 unspecified atom stereocenters. The Morgan fingerprint density at radius 2 is 1.56 bits per heavy atom. The van der Waals surface area contributed by atoms with Gasteiger partial charge >= 0.3 is 0 Å². The summed E-state index contributed by atoms with van der Waals surface area (Å²) in [6.45, 7) is 6.01. The standard InChI is InChI=1S/C17H18O/c1-12-8-10-15(11-9-12)14(3)17(18)16-7-5-4-6-13(16)2/h4-11,14H,1-3H3. The first-order chi connectivity index (χ1) is 8.59. The summed E-state index contributed by atoms with van der Waals surface area (Å²) in [4.78, 5) is 12.5. The summed E-state index contributed by atoms with van der Waals surface area (Å²) in [6.07, 6.45) is 0. The van der Waals surface area contributed by atoms with Crippen LogP contribution in [0.1, 0.15) is 39.9 Å². The van der Waals surface area contributed by atoms with E-state index in [1.165, 1.54) is 5.56 Å². The normalized spacial score (nSPS) is 12.2. The van der Waals surface area contributed by atoms with E-state index in [9.17, 15) is 4.79 Å². The molecule has 1 atom stereocenters. The average Bonchev–Trinajstić information content (AvgIpc) is 2.38. The van der Waals surface area contributed by atoms with Gasteiger partial charge in [0.05, 0.1) is 0 Å². The Bertz CT molecular complexity index is 552. The number of rotatable bonds is 3. The molecule has 0 radical (unpaired) electrons. The lowest BCUT2D eigenvalue weighted by Crippen LogP contribution is -2.11. The Morgan fingerprint density at radius 1 is 0.944 bits per heavy atom. The van der Waals surface area contributed by atoms with Gasteiger partial charge in [-0.05, 0) is 25.0 Å². The van der Waals surface area contributed by atoms with Crippen LogP contribution in [0.3, 0.4) is 0 Å². The Morgan fingerprint density at radius 3 is 2.17 bits per heavy atom. The first-order valence-electron chi connectivity index (χ1n) is 6.26. The third kappa shape index (κ3) is 2.51. The van der Waals surface area contributed by atoms with Crippen LogP contribution in [-0.4, -0.2) is 5.78 Å². The van der Waals surface area contributed by atoms with Crippen molar-refractivity contribution in [1.29, 1.82) is 0 Å². The van der Waals surface area contributed by atoms with Gasteiger partial charge in [-0.2, -0.15) is 0 Å². The van der Waals surface area contributed by atoms with Crippen LogP contribution in [0.5, 0.6) is 0 Å². The summed E-state index contributed by atoms with van der Waals surface area (Å²) in [5.74, 6) is 0.101. The van der Waals surface area contributed by atoms with E-state index in [0.29, 0.717) is 0 Å². The number of ketones is 1. The molecule has 2 aromatic carbocycles. The first kappa shape index (κ1) is 12.6. The van der Waals surface area contributed by atoms with Crippen LogP contribution < -0.4 is 0 Å². The van der Waals surface area contributed by atoms with E-state index in [2.05, 4.69) is 19.1 Å². The molecule has 2 rings (SSSR count). The molecular formula is C17H18O. The molecule has 0 aliphatic heterocycles. The fourth-order valence-corrected chi connectivity index (χ4v) is 2.09. The van der Waals surface area contributed by atoms with Gasteiger partial charge in [0.1, 0.15) is 0 Å². The third-order valence-electron chi connectivity index (χ3n) is 3.38. The largest absolute Gasteiger partial charge is 0.293 e. The highest BCUT2D eigenvalue weighted by Crippen LogP contribution is 2.22. The minimum Gasteiger partial charge on any atom is -0.293 e. The van der Waals surface area contributed by atoms with Crippen LogP contribution in [0, 0.1) is 13.8 Å². The lowest BCUT2D eigenvalue weighted by molar-refractivity contribution is 0.0965. The number of Topliss-reactive ketones (excluding diaryl/α,β-unsaturated/α-hetero) is 1. The number of benzene rings is 2. The zero-order valence-electron chi connectivity index (χ0n) is 11.1. The SMILES string of the molecule is Cc1ccc(C(C)C(=O)c2ccccc2C)cc1. The van der Waals surface area contributed by atoms with E-state index in [1.807, 2.05) is 50.2 Å². The van der Waals surface area contributed by atoms with Gasteiger partial charge in [0, 0.05) is 11.5 Å². The molecule has 0 saturated carbocycles. The number of hydrogen-bond acceptors (Lipinski definition) is 1. The van der Waals surface area contributed by atoms with Crippen molar-refractivity contribution >= 4 is 5.78 Å². The van der Waals surface area contributed by atoms with Crippen LogP contribution >= 0.6 is 0 Å². The Balaban J connectivity index is 2.29. The van der Waals surface area contributed by atoms with E-state index in [1.54, 1.807) is 0 Å². The molecule has 0 aliphatic rings. The molecule has 0 aliphatic carbocycles. The minimum atomic E-state index is -0.0910. The molecule has 1 heteroatoms. The van der Waals surface area contributed by atoms with Gasteiger partial charge in [0.25, 0.3) is 0 Å². The zero-order valence-corrected chi connectivity index (χ0v) is 11.1. The highest BCUT2D eigenvalue weighted by molar-refractivity contribution is 6.01. The monoisotopic (exact) mass is 238 g/mol. The van der Waals surface area contributed by atoms with Gasteiger partial charge in [-0.25, -0.2) is 0 Å². The molecule has 0 amide bonds. The lowest BCUT2D eigenvalue weighted by Gasteiger charge is -2.13. The topological polar surface area (TPSA) is 17.1 Å². The van der Waals surface area contributed by atoms with Crippen molar-refractivity contribution in [3.8, 4) is 0 Å². The molecule has 2 aromatic rings. The minimum absolute atomic E-state index is 0.0910. The summed E-state index contributed by atoms with van der Waals surface area (Å²) in [5.41, 5.74) is 4.16. The van der Waals surface area contributed by atoms with Gasteiger partial charge in [0.2, 0.25) is 0 Å². The molecule has 18 heavy (non-hydrogen) atoms. The molecule has 0 saturated heterocycles. The van der Waals surface area contributed by atoms with Gasteiger partial charge in [-0.1, -0.05) is 61.0 Å². The van der Waals surface area contributed by atoms with Crippen LogP contribution in [0.4, 0.5) is 0 Å². The number of hydrogen-bond donors (Lipinski definition) is 0. The number of carbonyl (C=O) groups is 1. The summed E-state index contributed by atoms with van der Waals surface area (Å²) in [7, 11) is 0. The third-order valence-corrected chi connectivity index (χ3v) is 3.38. The van der Waals surface area contributed by atoms with E-state index in [4.69, 9.17) is 0 Å². The Kier molecular flexibility index (Phi) is 3.61. The molecular weight excluding hydrogens is 220 g/mol. The summed E-state index contributed by atoms with van der Waals surface area (Å²) in [6, 6.07) is 15.9. The van der Waals surface area contributed by atoms with E-state index >= 15 is 0 Å². The molecule has 0 aromatic heterocycles. The van der Waals surface area contributed by atoms with Gasteiger partial charge in [-0.15, -0.1) is 0 Å². The van der Waals surface area contributed by atoms with Crippen molar-refractivity contribution < 1.29 is 4.79 Å². The van der Waals surface area contributed by atoms with Crippen LogP contribution in [0.25, 0.3) is 0 Å². The van der Waals surface area contributed by atoms with E-state index in [-0.39, 0.29) is 11.7 Å².